The van der Waals surface area contributed by atoms with Crippen molar-refractivity contribution in [1.82, 2.24) is 4.98 Å². The van der Waals surface area contributed by atoms with E-state index in [1.807, 2.05) is 6.07 Å². The Morgan fingerprint density at radius 2 is 2.33 bits per heavy atom. The number of halogens is 1. The zero-order valence-electron chi connectivity index (χ0n) is 6.62. The fourth-order valence-electron chi connectivity index (χ4n) is 0.733. The number of ketones is 1. The molecule has 1 aromatic rings. The molecule has 2 nitrogen and oxygen atoms in total. The third-order valence-corrected chi connectivity index (χ3v) is 1.67. The number of allylic oxidation sites excluding steroid dienone is 1. The molecule has 62 valence electrons. The zero-order valence-corrected chi connectivity index (χ0v) is 8.21. The smallest absolute Gasteiger partial charge is 0.152 e. The topological polar surface area (TPSA) is 30.0 Å². The van der Waals surface area contributed by atoms with Crippen LogP contribution in [0.25, 0.3) is 6.08 Å². The maximum atomic E-state index is 10.6. The summed E-state index contributed by atoms with van der Waals surface area (Å²) in [4.78, 5) is 14.5. The number of hydrogen-bond acceptors (Lipinski definition) is 2. The number of carbonyl (C=O) groups excluding carboxylic acids is 1. The molecule has 0 bridgehead atoms. The van der Waals surface area contributed by atoms with E-state index in [1.165, 1.54) is 13.0 Å². The maximum Gasteiger partial charge on any atom is 0.152 e. The first-order valence-electron chi connectivity index (χ1n) is 3.47. The first-order chi connectivity index (χ1) is 5.68. The Morgan fingerprint density at radius 1 is 1.58 bits per heavy atom. The van der Waals surface area contributed by atoms with Gasteiger partial charge in [-0.1, -0.05) is 0 Å². The molecule has 0 aliphatic rings. The highest BCUT2D eigenvalue weighted by Gasteiger charge is 1.89. The first-order valence-corrected chi connectivity index (χ1v) is 4.27. The molecule has 0 N–H and O–H groups in total. The lowest BCUT2D eigenvalue weighted by Crippen LogP contribution is -1.81. The number of hydrogen-bond donors (Lipinski definition) is 0. The van der Waals surface area contributed by atoms with E-state index < -0.39 is 0 Å². The molecule has 0 saturated carbocycles. The fraction of sp³-hybridized carbons (Fsp3) is 0.111. The van der Waals surface area contributed by atoms with Crippen molar-refractivity contribution in [3.05, 3.63) is 34.6 Å². The van der Waals surface area contributed by atoms with Crippen molar-refractivity contribution < 1.29 is 4.79 Å². The second kappa shape index (κ2) is 4.16. The van der Waals surface area contributed by atoms with Crippen LogP contribution >= 0.6 is 15.9 Å². The second-order valence-electron chi connectivity index (χ2n) is 2.38. The summed E-state index contributed by atoms with van der Waals surface area (Å²) in [5, 5.41) is 0. The van der Waals surface area contributed by atoms with Gasteiger partial charge >= 0.3 is 0 Å². The zero-order chi connectivity index (χ0) is 8.97. The number of carbonyl (C=O) groups is 1. The third kappa shape index (κ3) is 2.96. The molecule has 0 spiro atoms. The summed E-state index contributed by atoms with van der Waals surface area (Å²) in [6.45, 7) is 1.52. The molecular weight excluding hydrogens is 218 g/mol. The summed E-state index contributed by atoms with van der Waals surface area (Å²) < 4.78 is 0.910. The van der Waals surface area contributed by atoms with E-state index in [0.29, 0.717) is 0 Å². The van der Waals surface area contributed by atoms with Gasteiger partial charge in [0.05, 0.1) is 0 Å². The fourth-order valence-corrected chi connectivity index (χ4v) is 1.12. The van der Waals surface area contributed by atoms with E-state index in [9.17, 15) is 4.79 Å². The molecule has 1 rings (SSSR count). The Labute approximate surface area is 79.5 Å². The quantitative estimate of drug-likeness (QED) is 0.725. The van der Waals surface area contributed by atoms with Crippen molar-refractivity contribution in [3.8, 4) is 0 Å². The summed E-state index contributed by atoms with van der Waals surface area (Å²) >= 11 is 3.29. The van der Waals surface area contributed by atoms with E-state index in [4.69, 9.17) is 0 Å². The average Bonchev–Trinajstić information content (AvgIpc) is 2.01. The molecule has 0 radical (unpaired) electrons. The van der Waals surface area contributed by atoms with E-state index in [0.717, 1.165) is 10.0 Å². The van der Waals surface area contributed by atoms with Crippen molar-refractivity contribution in [2.24, 2.45) is 0 Å². The number of nitrogens with zero attached hydrogens (tertiary/aromatic N) is 1. The van der Waals surface area contributed by atoms with Gasteiger partial charge in [0.25, 0.3) is 0 Å². The number of pyridine rings is 1. The Kier molecular flexibility index (Phi) is 3.17. The second-order valence-corrected chi connectivity index (χ2v) is 3.30. The van der Waals surface area contributed by atoms with Crippen molar-refractivity contribution in [2.45, 2.75) is 6.92 Å². The molecule has 0 atom stereocenters. The summed E-state index contributed by atoms with van der Waals surface area (Å²) in [7, 11) is 0. The molecule has 0 aliphatic carbocycles. The van der Waals surface area contributed by atoms with Crippen LogP contribution in [0, 0.1) is 0 Å². The molecule has 0 unspecified atom stereocenters. The van der Waals surface area contributed by atoms with Crippen LogP contribution < -0.4 is 0 Å². The van der Waals surface area contributed by atoms with Gasteiger partial charge in [0.15, 0.2) is 5.78 Å². The Bertz CT molecular complexity index is 320. The van der Waals surface area contributed by atoms with Gasteiger partial charge < -0.3 is 0 Å². The largest absolute Gasteiger partial charge is 0.295 e. The Balaban J connectivity index is 2.83. The summed E-state index contributed by atoms with van der Waals surface area (Å²) in [5.41, 5.74) is 0.916. The van der Waals surface area contributed by atoms with Gasteiger partial charge in [0.2, 0.25) is 0 Å². The predicted molar refractivity (Wildman–Crippen MR) is 51.7 cm³/mol. The SMILES string of the molecule is CC(=O)/C=C/c1cncc(Br)c1. The number of rotatable bonds is 2. The lowest BCUT2D eigenvalue weighted by atomic mass is 10.2. The molecule has 0 saturated heterocycles. The van der Waals surface area contributed by atoms with E-state index >= 15 is 0 Å². The Morgan fingerprint density at radius 3 is 2.92 bits per heavy atom. The standard InChI is InChI=1S/C9H8BrNO/c1-7(12)2-3-8-4-9(10)6-11-5-8/h2-6H,1H3/b3-2+. The molecule has 12 heavy (non-hydrogen) atoms. The Hall–Kier alpha value is -0.960. The summed E-state index contributed by atoms with van der Waals surface area (Å²) in [6, 6.07) is 1.90. The van der Waals surface area contributed by atoms with Gasteiger partial charge in [-0.25, -0.2) is 0 Å². The minimum absolute atomic E-state index is 0.0370. The summed E-state index contributed by atoms with van der Waals surface area (Å²) in [6.07, 6.45) is 6.65. The van der Waals surface area contributed by atoms with Crippen molar-refractivity contribution in [3.63, 3.8) is 0 Å². The van der Waals surface area contributed by atoms with Crippen LogP contribution in [-0.4, -0.2) is 10.8 Å². The molecule has 0 amide bonds. The number of aromatic nitrogens is 1. The predicted octanol–water partition coefficient (Wildman–Crippen LogP) is 2.45. The molecule has 0 aromatic carbocycles. The molecule has 1 aromatic heterocycles. The van der Waals surface area contributed by atoms with Gasteiger partial charge in [-0.3, -0.25) is 9.78 Å². The highest BCUT2D eigenvalue weighted by molar-refractivity contribution is 9.10. The van der Waals surface area contributed by atoms with Crippen LogP contribution in [0.1, 0.15) is 12.5 Å². The maximum absolute atomic E-state index is 10.6. The average molecular weight is 226 g/mol. The van der Waals surface area contributed by atoms with Gasteiger partial charge in [-0.15, -0.1) is 0 Å². The highest BCUT2D eigenvalue weighted by atomic mass is 79.9. The van der Waals surface area contributed by atoms with Crippen LogP contribution in [0.4, 0.5) is 0 Å². The van der Waals surface area contributed by atoms with Crippen LogP contribution in [0.2, 0.25) is 0 Å². The van der Waals surface area contributed by atoms with Gasteiger partial charge in [-0.05, 0) is 46.6 Å². The van der Waals surface area contributed by atoms with Crippen LogP contribution in [0.15, 0.2) is 29.0 Å². The molecule has 3 heteroatoms. The van der Waals surface area contributed by atoms with Crippen LogP contribution in [0.3, 0.4) is 0 Å². The van der Waals surface area contributed by atoms with Gasteiger partial charge in [0, 0.05) is 16.9 Å². The van der Waals surface area contributed by atoms with Crippen molar-refractivity contribution in [2.75, 3.05) is 0 Å². The molecule has 0 aliphatic heterocycles. The molecular formula is C9H8BrNO. The molecule has 1 heterocycles. The normalized spacial score (nSPS) is 10.5. The van der Waals surface area contributed by atoms with E-state index in [1.54, 1.807) is 18.5 Å². The van der Waals surface area contributed by atoms with E-state index in [2.05, 4.69) is 20.9 Å². The lowest BCUT2D eigenvalue weighted by molar-refractivity contribution is -0.112. The van der Waals surface area contributed by atoms with Crippen molar-refractivity contribution in [1.29, 1.82) is 0 Å². The highest BCUT2D eigenvalue weighted by Crippen LogP contribution is 2.10. The summed E-state index contributed by atoms with van der Waals surface area (Å²) in [5.74, 6) is 0.0370. The van der Waals surface area contributed by atoms with Gasteiger partial charge in [-0.2, -0.15) is 0 Å². The minimum Gasteiger partial charge on any atom is -0.295 e. The van der Waals surface area contributed by atoms with E-state index in [-0.39, 0.29) is 5.78 Å². The third-order valence-electron chi connectivity index (χ3n) is 1.24. The van der Waals surface area contributed by atoms with Crippen molar-refractivity contribution >= 4 is 27.8 Å². The van der Waals surface area contributed by atoms with Crippen LogP contribution in [0.5, 0.6) is 0 Å². The first kappa shape index (κ1) is 9.13. The minimum atomic E-state index is 0.0370. The monoisotopic (exact) mass is 225 g/mol. The molecule has 0 fully saturated rings. The van der Waals surface area contributed by atoms with Gasteiger partial charge in [0.1, 0.15) is 0 Å². The van der Waals surface area contributed by atoms with Crippen LogP contribution in [-0.2, 0) is 4.79 Å². The lowest BCUT2D eigenvalue weighted by Gasteiger charge is -1.91.